The van der Waals surface area contributed by atoms with Gasteiger partial charge in [-0.15, -0.1) is 0 Å². The molecule has 1 nitrogen and oxygen atoms in total. The Hall–Kier alpha value is -0.190. The standard InChI is InChI=1S/C15H22OS3/c1-3-4-6-9-14(2)19(16)13-12-17-18-15-10-7-5-8-11-15/h5,7-8,10-11H,2-4,6,9,12-13H2,1H3. The predicted molar refractivity (Wildman–Crippen MR) is 91.0 cm³/mol. The van der Waals surface area contributed by atoms with Crippen LogP contribution in [-0.2, 0) is 10.8 Å². The van der Waals surface area contributed by atoms with Gasteiger partial charge in [0.15, 0.2) is 0 Å². The minimum Gasteiger partial charge on any atom is -0.255 e. The lowest BCUT2D eigenvalue weighted by Crippen LogP contribution is -2.02. The first-order valence-electron chi connectivity index (χ1n) is 6.64. The van der Waals surface area contributed by atoms with Gasteiger partial charge in [-0.3, -0.25) is 4.21 Å². The Labute approximate surface area is 127 Å². The van der Waals surface area contributed by atoms with Crippen LogP contribution in [-0.4, -0.2) is 15.7 Å². The van der Waals surface area contributed by atoms with Crippen LogP contribution in [0.3, 0.4) is 0 Å². The normalized spacial score (nSPS) is 12.3. The Morgan fingerprint density at radius 3 is 2.68 bits per heavy atom. The molecule has 0 aromatic heterocycles. The number of hydrogen-bond acceptors (Lipinski definition) is 3. The van der Waals surface area contributed by atoms with E-state index in [0.717, 1.165) is 29.3 Å². The van der Waals surface area contributed by atoms with Crippen LogP contribution in [0.25, 0.3) is 0 Å². The first kappa shape index (κ1) is 16.9. The highest BCUT2D eigenvalue weighted by molar-refractivity contribution is 8.76. The molecule has 1 unspecified atom stereocenters. The molecule has 1 atom stereocenters. The van der Waals surface area contributed by atoms with Crippen molar-refractivity contribution in [3.8, 4) is 0 Å². The highest BCUT2D eigenvalue weighted by Crippen LogP contribution is 2.30. The predicted octanol–water partition coefficient (Wildman–Crippen LogP) is 5.27. The number of benzene rings is 1. The molecule has 0 spiro atoms. The molecule has 0 aliphatic carbocycles. The molecule has 1 aromatic carbocycles. The first-order valence-corrected chi connectivity index (χ1v) is 10.3. The third-order valence-corrected chi connectivity index (χ3v) is 6.70. The largest absolute Gasteiger partial charge is 0.255 e. The lowest BCUT2D eigenvalue weighted by atomic mass is 10.2. The summed E-state index contributed by atoms with van der Waals surface area (Å²) in [5, 5.41) is 0. The van der Waals surface area contributed by atoms with Crippen molar-refractivity contribution in [2.75, 3.05) is 11.5 Å². The van der Waals surface area contributed by atoms with Crippen LogP contribution < -0.4 is 0 Å². The Balaban J connectivity index is 2.11. The van der Waals surface area contributed by atoms with E-state index in [1.165, 1.54) is 17.7 Å². The van der Waals surface area contributed by atoms with E-state index in [4.69, 9.17) is 0 Å². The van der Waals surface area contributed by atoms with Crippen molar-refractivity contribution in [3.05, 3.63) is 41.8 Å². The van der Waals surface area contributed by atoms with Gasteiger partial charge in [0.25, 0.3) is 0 Å². The fraction of sp³-hybridized carbons (Fsp3) is 0.467. The van der Waals surface area contributed by atoms with Crippen LogP contribution in [0.4, 0.5) is 0 Å². The Morgan fingerprint density at radius 2 is 2.00 bits per heavy atom. The maximum Gasteiger partial charge on any atom is 0.0490 e. The molecule has 0 fully saturated rings. The lowest BCUT2D eigenvalue weighted by molar-refractivity contribution is 0.681. The average Bonchev–Trinajstić information content (AvgIpc) is 2.44. The highest BCUT2D eigenvalue weighted by atomic mass is 33.1. The third-order valence-electron chi connectivity index (χ3n) is 2.63. The summed E-state index contributed by atoms with van der Waals surface area (Å²) < 4.78 is 11.9. The van der Waals surface area contributed by atoms with E-state index in [-0.39, 0.29) is 0 Å². The number of allylic oxidation sites excluding steroid dienone is 1. The molecule has 1 aromatic rings. The van der Waals surface area contributed by atoms with Crippen LogP contribution >= 0.6 is 21.6 Å². The van der Waals surface area contributed by atoms with Crippen LogP contribution in [0, 0.1) is 0 Å². The molecule has 0 saturated heterocycles. The zero-order valence-electron chi connectivity index (χ0n) is 11.5. The van der Waals surface area contributed by atoms with Gasteiger partial charge >= 0.3 is 0 Å². The molecule has 0 amide bonds. The molecule has 19 heavy (non-hydrogen) atoms. The van der Waals surface area contributed by atoms with Crippen molar-refractivity contribution >= 4 is 32.4 Å². The number of rotatable bonds is 10. The monoisotopic (exact) mass is 314 g/mol. The van der Waals surface area contributed by atoms with Gasteiger partial charge < -0.3 is 0 Å². The quantitative estimate of drug-likeness (QED) is 0.432. The summed E-state index contributed by atoms with van der Waals surface area (Å²) in [7, 11) is 2.66. The van der Waals surface area contributed by atoms with Crippen LogP contribution in [0.1, 0.15) is 32.6 Å². The zero-order valence-corrected chi connectivity index (χ0v) is 13.9. The molecule has 0 aliphatic heterocycles. The first-order chi connectivity index (χ1) is 9.24. The summed E-state index contributed by atoms with van der Waals surface area (Å²) in [5.74, 6) is 1.62. The zero-order chi connectivity index (χ0) is 13.9. The van der Waals surface area contributed by atoms with Gasteiger partial charge in [-0.25, -0.2) is 0 Å². The van der Waals surface area contributed by atoms with Crippen molar-refractivity contribution in [3.63, 3.8) is 0 Å². The number of hydrogen-bond donors (Lipinski definition) is 0. The topological polar surface area (TPSA) is 17.1 Å². The Bertz CT molecular complexity index is 390. The molecule has 0 N–H and O–H groups in total. The van der Waals surface area contributed by atoms with Crippen LogP contribution in [0.5, 0.6) is 0 Å². The average molecular weight is 315 g/mol. The summed E-state index contributed by atoms with van der Waals surface area (Å²) in [6.07, 6.45) is 4.43. The van der Waals surface area contributed by atoms with E-state index >= 15 is 0 Å². The molecule has 0 bridgehead atoms. The van der Waals surface area contributed by atoms with Crippen molar-refractivity contribution < 1.29 is 4.21 Å². The van der Waals surface area contributed by atoms with E-state index in [2.05, 4.69) is 25.6 Å². The summed E-state index contributed by atoms with van der Waals surface area (Å²) in [5.41, 5.74) is 0. The van der Waals surface area contributed by atoms with Gasteiger partial charge in [-0.05, 0) is 25.0 Å². The second kappa shape index (κ2) is 10.6. The van der Waals surface area contributed by atoms with Gasteiger partial charge in [0.2, 0.25) is 0 Å². The second-order valence-corrected chi connectivity index (χ2v) is 8.43. The summed E-state index contributed by atoms with van der Waals surface area (Å²) in [6.45, 7) is 6.12. The second-order valence-electron chi connectivity index (χ2n) is 4.26. The lowest BCUT2D eigenvalue weighted by Gasteiger charge is -2.05. The fourth-order valence-electron chi connectivity index (χ4n) is 1.53. The minimum atomic E-state index is -0.855. The van der Waals surface area contributed by atoms with Crippen molar-refractivity contribution in [2.45, 2.75) is 37.5 Å². The molecule has 0 heterocycles. The van der Waals surface area contributed by atoms with Crippen molar-refractivity contribution in [2.24, 2.45) is 0 Å². The van der Waals surface area contributed by atoms with Gasteiger partial charge in [0, 0.05) is 32.1 Å². The van der Waals surface area contributed by atoms with Crippen molar-refractivity contribution in [1.82, 2.24) is 0 Å². The van der Waals surface area contributed by atoms with Gasteiger partial charge in [0.05, 0.1) is 0 Å². The summed E-state index contributed by atoms with van der Waals surface area (Å²) >= 11 is 0. The summed E-state index contributed by atoms with van der Waals surface area (Å²) in [4.78, 5) is 2.17. The minimum absolute atomic E-state index is 0.718. The highest BCUT2D eigenvalue weighted by Gasteiger charge is 2.05. The van der Waals surface area contributed by atoms with Crippen molar-refractivity contribution in [1.29, 1.82) is 0 Å². The van der Waals surface area contributed by atoms with E-state index in [0.29, 0.717) is 0 Å². The summed E-state index contributed by atoms with van der Waals surface area (Å²) in [6, 6.07) is 10.3. The Morgan fingerprint density at radius 1 is 1.26 bits per heavy atom. The van der Waals surface area contributed by atoms with Crippen LogP contribution in [0.2, 0.25) is 0 Å². The smallest absolute Gasteiger partial charge is 0.0490 e. The molecule has 0 radical (unpaired) electrons. The number of unbranched alkanes of at least 4 members (excludes halogenated alkanes) is 2. The van der Waals surface area contributed by atoms with E-state index in [9.17, 15) is 4.21 Å². The van der Waals surface area contributed by atoms with Gasteiger partial charge in [-0.2, -0.15) is 0 Å². The van der Waals surface area contributed by atoms with E-state index in [1.807, 2.05) is 18.2 Å². The molecule has 1 rings (SSSR count). The molecular formula is C15H22OS3. The molecule has 0 saturated carbocycles. The molecule has 106 valence electrons. The molecular weight excluding hydrogens is 292 g/mol. The van der Waals surface area contributed by atoms with Crippen LogP contribution in [0.15, 0.2) is 46.7 Å². The van der Waals surface area contributed by atoms with E-state index in [1.54, 1.807) is 21.6 Å². The van der Waals surface area contributed by atoms with Gasteiger partial charge in [-0.1, -0.05) is 66.1 Å². The maximum atomic E-state index is 11.9. The molecule has 4 heteroatoms. The maximum absolute atomic E-state index is 11.9. The fourth-order valence-corrected chi connectivity index (χ4v) is 5.16. The Kier molecular flexibility index (Phi) is 9.39. The SMILES string of the molecule is C=C(CCCCC)S(=O)CCSSc1ccccc1. The van der Waals surface area contributed by atoms with E-state index < -0.39 is 10.8 Å². The van der Waals surface area contributed by atoms with Gasteiger partial charge in [0.1, 0.15) is 0 Å². The third kappa shape index (κ3) is 7.85. The molecule has 0 aliphatic rings.